The molecule has 0 unspecified atom stereocenters. The molecule has 0 fully saturated rings. The lowest BCUT2D eigenvalue weighted by Crippen LogP contribution is -2.63. The van der Waals surface area contributed by atoms with Crippen molar-refractivity contribution in [1.82, 2.24) is 0 Å². The minimum Gasteiger partial charge on any atom is -0.461 e. The number of ether oxygens (including phenoxy) is 2. The van der Waals surface area contributed by atoms with Gasteiger partial charge in [-0.15, -0.1) is 0 Å². The Bertz CT molecular complexity index is 411. The maximum absolute atomic E-state index is 12.3. The third-order valence-electron chi connectivity index (χ3n) is 2.15. The third kappa shape index (κ3) is 4.86. The topological polar surface area (TPSA) is 72.8 Å². The van der Waals surface area contributed by atoms with Crippen LogP contribution < -0.4 is 0 Å². The lowest BCUT2D eigenvalue weighted by molar-refractivity contribution is -0.357. The van der Waals surface area contributed by atoms with E-state index in [-0.39, 0.29) is 0 Å². The second kappa shape index (κ2) is 6.76. The summed E-state index contributed by atoms with van der Waals surface area (Å²) in [5.74, 6) is -3.76. The summed E-state index contributed by atoms with van der Waals surface area (Å²) in [7, 11) is 0. The van der Waals surface area contributed by atoms with Gasteiger partial charge in [0.1, 0.15) is 16.6 Å². The summed E-state index contributed by atoms with van der Waals surface area (Å²) < 4.78 is 80.9. The smallest absolute Gasteiger partial charge is 0.437 e. The Kier molecular flexibility index (Phi) is 6.52. The van der Waals surface area contributed by atoms with E-state index < -0.39 is 46.5 Å². The summed E-state index contributed by atoms with van der Waals surface area (Å²) >= 11 is 1.68. The van der Waals surface area contributed by atoms with E-state index in [4.69, 9.17) is 5.11 Å². The Labute approximate surface area is 134 Å². The predicted octanol–water partition coefficient (Wildman–Crippen LogP) is 2.14. The molecule has 0 spiro atoms. The van der Waals surface area contributed by atoms with Crippen LogP contribution in [-0.4, -0.2) is 51.6 Å². The molecular weight excluding hydrogens is 441 g/mol. The van der Waals surface area contributed by atoms with Gasteiger partial charge in [0.05, 0.1) is 0 Å². The minimum atomic E-state index is -6.32. The Balaban J connectivity index is 4.74. The van der Waals surface area contributed by atoms with E-state index >= 15 is 0 Å². The third-order valence-corrected chi connectivity index (χ3v) is 2.59. The number of aliphatic hydroxyl groups is 1. The molecule has 0 aromatic rings. The zero-order valence-corrected chi connectivity index (χ0v) is 13.3. The molecule has 0 aromatic carbocycles. The van der Waals surface area contributed by atoms with Crippen molar-refractivity contribution >= 4 is 34.5 Å². The molecule has 5 nitrogen and oxygen atoms in total. The summed E-state index contributed by atoms with van der Waals surface area (Å²) in [6.07, 6.45) is -12.6. The second-order valence-corrected chi connectivity index (χ2v) is 7.15. The van der Waals surface area contributed by atoms with Gasteiger partial charge >= 0.3 is 29.9 Å². The molecule has 0 heterocycles. The van der Waals surface area contributed by atoms with Gasteiger partial charge in [0, 0.05) is 0 Å². The molecular formula is C10H11F6IO5. The first-order chi connectivity index (χ1) is 9.55. The van der Waals surface area contributed by atoms with Crippen LogP contribution in [0.1, 0.15) is 13.8 Å². The quantitative estimate of drug-likeness (QED) is 0.228. The fourth-order valence-electron chi connectivity index (χ4n) is 0.937. The van der Waals surface area contributed by atoms with Gasteiger partial charge in [0.2, 0.25) is 0 Å². The van der Waals surface area contributed by atoms with E-state index in [1.165, 1.54) is 13.8 Å². The van der Waals surface area contributed by atoms with Crippen molar-refractivity contribution in [2.45, 2.75) is 35.2 Å². The lowest BCUT2D eigenvalue weighted by Gasteiger charge is -2.29. The Hall–Kier alpha value is -0.790. The van der Waals surface area contributed by atoms with Gasteiger partial charge < -0.3 is 14.6 Å². The minimum absolute atomic E-state index is 0.761. The van der Waals surface area contributed by atoms with Crippen molar-refractivity contribution < 1.29 is 50.5 Å². The molecule has 130 valence electrons. The van der Waals surface area contributed by atoms with Gasteiger partial charge in [-0.2, -0.15) is 26.3 Å². The van der Waals surface area contributed by atoms with E-state index in [0.717, 1.165) is 0 Å². The number of carbonyl (C=O) groups is 2. The highest BCUT2D eigenvalue weighted by Gasteiger charge is 2.76. The predicted molar refractivity (Wildman–Crippen MR) is 67.1 cm³/mol. The van der Waals surface area contributed by atoms with Crippen LogP contribution in [0.15, 0.2) is 0 Å². The Morgan fingerprint density at radius 1 is 0.909 bits per heavy atom. The first-order valence-electron chi connectivity index (χ1n) is 5.44. The maximum atomic E-state index is 12.3. The highest BCUT2D eigenvalue weighted by atomic mass is 127. The van der Waals surface area contributed by atoms with Crippen LogP contribution in [0.25, 0.3) is 0 Å². The van der Waals surface area contributed by atoms with Crippen LogP contribution in [-0.2, 0) is 19.1 Å². The number of carbonyl (C=O) groups excluding carboxylic acids is 2. The van der Waals surface area contributed by atoms with Crippen LogP contribution in [0.3, 0.4) is 0 Å². The summed E-state index contributed by atoms with van der Waals surface area (Å²) in [5, 5.41) is 8.66. The average molecular weight is 452 g/mol. The summed E-state index contributed by atoms with van der Waals surface area (Å²) in [6, 6.07) is 0. The van der Waals surface area contributed by atoms with Crippen LogP contribution in [0.5, 0.6) is 0 Å². The van der Waals surface area contributed by atoms with E-state index in [1.807, 2.05) is 0 Å². The maximum Gasteiger partial charge on any atom is 0.437 e. The normalized spacial score (nSPS) is 13.7. The van der Waals surface area contributed by atoms with E-state index in [0.29, 0.717) is 0 Å². The lowest BCUT2D eigenvalue weighted by atomic mass is 10.0. The molecule has 22 heavy (non-hydrogen) atoms. The second-order valence-electron chi connectivity index (χ2n) is 4.45. The van der Waals surface area contributed by atoms with Gasteiger partial charge in [-0.05, 0) is 13.8 Å². The fourth-order valence-corrected chi connectivity index (χ4v) is 1.09. The van der Waals surface area contributed by atoms with Crippen molar-refractivity contribution in [3.05, 3.63) is 0 Å². The van der Waals surface area contributed by atoms with Gasteiger partial charge in [-0.1, -0.05) is 22.6 Å². The van der Waals surface area contributed by atoms with Gasteiger partial charge in [0.25, 0.3) is 0 Å². The van der Waals surface area contributed by atoms with Crippen molar-refractivity contribution in [1.29, 1.82) is 0 Å². The molecule has 0 aromatic heterocycles. The molecule has 0 amide bonds. The number of alkyl halides is 7. The molecule has 0 atom stereocenters. The fraction of sp³-hybridized carbons (Fsp3) is 0.800. The van der Waals surface area contributed by atoms with Crippen molar-refractivity contribution in [3.63, 3.8) is 0 Å². The SMILES string of the molecule is CC(C)(I)C(=O)OCCOC(=O)C(O)(C(F)(F)F)C(F)(F)F. The molecule has 0 saturated heterocycles. The summed E-state index contributed by atoms with van der Waals surface area (Å²) in [5.41, 5.74) is -5.65. The largest absolute Gasteiger partial charge is 0.461 e. The highest BCUT2D eigenvalue weighted by Crippen LogP contribution is 2.43. The van der Waals surface area contributed by atoms with Crippen molar-refractivity contribution in [3.8, 4) is 0 Å². The van der Waals surface area contributed by atoms with E-state index in [1.54, 1.807) is 22.6 Å². The van der Waals surface area contributed by atoms with Crippen molar-refractivity contribution in [2.75, 3.05) is 13.2 Å². The van der Waals surface area contributed by atoms with E-state index in [9.17, 15) is 35.9 Å². The summed E-state index contributed by atoms with van der Waals surface area (Å²) in [6.45, 7) is 1.04. The van der Waals surface area contributed by atoms with Crippen LogP contribution >= 0.6 is 22.6 Å². The van der Waals surface area contributed by atoms with Crippen LogP contribution in [0.2, 0.25) is 0 Å². The molecule has 0 aliphatic rings. The zero-order chi connectivity index (χ0) is 18.0. The molecule has 0 aliphatic heterocycles. The number of hydrogen-bond donors (Lipinski definition) is 1. The van der Waals surface area contributed by atoms with Crippen LogP contribution in [0, 0.1) is 0 Å². The molecule has 0 radical (unpaired) electrons. The molecule has 0 rings (SSSR count). The van der Waals surface area contributed by atoms with Crippen LogP contribution in [0.4, 0.5) is 26.3 Å². The standard InChI is InChI=1S/C10H11F6IO5/c1-7(2,17)5(18)21-3-4-22-6(19)8(20,9(11,12)13)10(14,15)16/h20H,3-4H2,1-2H3. The molecule has 0 aliphatic carbocycles. The highest BCUT2D eigenvalue weighted by molar-refractivity contribution is 14.1. The van der Waals surface area contributed by atoms with E-state index in [2.05, 4.69) is 9.47 Å². The number of hydrogen-bond acceptors (Lipinski definition) is 5. The van der Waals surface area contributed by atoms with Crippen molar-refractivity contribution in [2.24, 2.45) is 0 Å². The monoisotopic (exact) mass is 452 g/mol. The first-order valence-corrected chi connectivity index (χ1v) is 6.52. The zero-order valence-electron chi connectivity index (χ0n) is 11.1. The van der Waals surface area contributed by atoms with Gasteiger partial charge in [-0.3, -0.25) is 4.79 Å². The van der Waals surface area contributed by atoms with Gasteiger partial charge in [0.15, 0.2) is 0 Å². The molecule has 12 heteroatoms. The number of rotatable bonds is 5. The average Bonchev–Trinajstić information content (AvgIpc) is 2.28. The number of esters is 2. The first kappa shape index (κ1) is 21.2. The van der Waals surface area contributed by atoms with Gasteiger partial charge in [-0.25, -0.2) is 4.79 Å². The molecule has 1 N–H and O–H groups in total. The number of halogens is 7. The molecule has 0 bridgehead atoms. The molecule has 0 saturated carbocycles. The Morgan fingerprint density at radius 2 is 1.23 bits per heavy atom. The summed E-state index contributed by atoms with van der Waals surface area (Å²) in [4.78, 5) is 22.2. The Morgan fingerprint density at radius 3 is 1.50 bits per heavy atom.